The Balaban J connectivity index is 2.13. The molecule has 3 heteroatoms. The second kappa shape index (κ2) is 3.88. The zero-order valence-electron chi connectivity index (χ0n) is 6.35. The molecule has 1 atom stereocenters. The minimum Gasteiger partial charge on any atom is -0.377 e. The maximum Gasteiger partial charge on any atom is 0.0728 e. The summed E-state index contributed by atoms with van der Waals surface area (Å²) in [5.41, 5.74) is 0. The lowest BCUT2D eigenvalue weighted by Gasteiger charge is -2.23. The molecule has 1 fully saturated rings. The SMILES string of the molecule is CN(F)CC1CCCCO1. The Bertz CT molecular complexity index is 91.6. The zero-order chi connectivity index (χ0) is 7.40. The first-order valence-electron chi connectivity index (χ1n) is 3.77. The fourth-order valence-corrected chi connectivity index (χ4v) is 1.23. The number of ether oxygens (including phenoxy) is 1. The maximum absolute atomic E-state index is 12.2. The molecule has 0 aromatic heterocycles. The predicted octanol–water partition coefficient (Wildman–Crippen LogP) is 1.37. The summed E-state index contributed by atoms with van der Waals surface area (Å²) in [7, 11) is 1.43. The minimum atomic E-state index is 0.128. The van der Waals surface area contributed by atoms with Crippen molar-refractivity contribution in [2.45, 2.75) is 25.4 Å². The number of halogens is 1. The molecule has 0 saturated carbocycles. The van der Waals surface area contributed by atoms with E-state index >= 15 is 0 Å². The lowest BCUT2D eigenvalue weighted by molar-refractivity contribution is -0.0477. The van der Waals surface area contributed by atoms with E-state index in [0.717, 1.165) is 19.4 Å². The quantitative estimate of drug-likeness (QED) is 0.547. The summed E-state index contributed by atoms with van der Waals surface area (Å²) >= 11 is 0. The van der Waals surface area contributed by atoms with Gasteiger partial charge in [0.05, 0.1) is 12.6 Å². The van der Waals surface area contributed by atoms with E-state index < -0.39 is 0 Å². The largest absolute Gasteiger partial charge is 0.377 e. The topological polar surface area (TPSA) is 12.5 Å². The zero-order valence-corrected chi connectivity index (χ0v) is 6.35. The molecule has 0 amide bonds. The molecular formula is C7H14FNO. The van der Waals surface area contributed by atoms with Gasteiger partial charge in [-0.05, 0) is 19.3 Å². The van der Waals surface area contributed by atoms with Crippen molar-refractivity contribution in [2.75, 3.05) is 20.2 Å². The Hall–Kier alpha value is -0.150. The lowest BCUT2D eigenvalue weighted by atomic mass is 10.1. The molecular weight excluding hydrogens is 133 g/mol. The van der Waals surface area contributed by atoms with E-state index in [9.17, 15) is 4.48 Å². The van der Waals surface area contributed by atoms with E-state index in [1.54, 1.807) is 0 Å². The third-order valence-electron chi connectivity index (χ3n) is 1.73. The number of nitrogens with zero attached hydrogens (tertiary/aromatic N) is 1. The molecule has 1 saturated heterocycles. The van der Waals surface area contributed by atoms with Gasteiger partial charge >= 0.3 is 0 Å². The van der Waals surface area contributed by atoms with Gasteiger partial charge in [-0.1, -0.05) is 0 Å². The van der Waals surface area contributed by atoms with E-state index in [-0.39, 0.29) is 6.10 Å². The van der Waals surface area contributed by atoms with Crippen molar-refractivity contribution in [1.29, 1.82) is 0 Å². The monoisotopic (exact) mass is 147 g/mol. The first-order chi connectivity index (χ1) is 4.79. The Kier molecular flexibility index (Phi) is 3.09. The van der Waals surface area contributed by atoms with Gasteiger partial charge in [0.2, 0.25) is 0 Å². The van der Waals surface area contributed by atoms with Crippen molar-refractivity contribution in [3.63, 3.8) is 0 Å². The van der Waals surface area contributed by atoms with Crippen LogP contribution in [-0.2, 0) is 4.74 Å². The summed E-state index contributed by atoms with van der Waals surface area (Å²) in [5.74, 6) is 0. The van der Waals surface area contributed by atoms with Gasteiger partial charge in [-0.25, -0.2) is 0 Å². The Morgan fingerprint density at radius 3 is 2.90 bits per heavy atom. The van der Waals surface area contributed by atoms with E-state index in [1.165, 1.54) is 13.5 Å². The van der Waals surface area contributed by atoms with E-state index in [1.807, 2.05) is 0 Å². The highest BCUT2D eigenvalue weighted by Gasteiger charge is 2.14. The van der Waals surface area contributed by atoms with Crippen LogP contribution in [0.4, 0.5) is 4.48 Å². The number of hydrogen-bond donors (Lipinski definition) is 0. The highest BCUT2D eigenvalue weighted by Crippen LogP contribution is 2.13. The third kappa shape index (κ3) is 2.62. The number of rotatable bonds is 2. The van der Waals surface area contributed by atoms with Crippen molar-refractivity contribution in [1.82, 2.24) is 5.12 Å². The summed E-state index contributed by atoms with van der Waals surface area (Å²) < 4.78 is 17.5. The first-order valence-corrected chi connectivity index (χ1v) is 3.77. The molecule has 0 bridgehead atoms. The smallest absolute Gasteiger partial charge is 0.0728 e. The van der Waals surface area contributed by atoms with Gasteiger partial charge < -0.3 is 4.74 Å². The van der Waals surface area contributed by atoms with Crippen LogP contribution in [0.5, 0.6) is 0 Å². The van der Waals surface area contributed by atoms with E-state index in [0.29, 0.717) is 11.7 Å². The number of hydrogen-bond acceptors (Lipinski definition) is 2. The van der Waals surface area contributed by atoms with Crippen molar-refractivity contribution in [3.8, 4) is 0 Å². The second-order valence-electron chi connectivity index (χ2n) is 2.78. The highest BCUT2D eigenvalue weighted by atomic mass is 19.2. The van der Waals surface area contributed by atoms with Crippen LogP contribution in [0, 0.1) is 0 Å². The van der Waals surface area contributed by atoms with Crippen LogP contribution >= 0.6 is 0 Å². The standard InChI is InChI=1S/C7H14FNO/c1-9(8)6-7-4-2-3-5-10-7/h7H,2-6H2,1H3. The number of likely N-dealkylation sites (N-methyl/N-ethyl adjacent to an activating group) is 1. The fraction of sp³-hybridized carbons (Fsp3) is 1.00. The van der Waals surface area contributed by atoms with Crippen LogP contribution < -0.4 is 0 Å². The van der Waals surface area contributed by atoms with Gasteiger partial charge in [-0.2, -0.15) is 0 Å². The average Bonchev–Trinajstić information content (AvgIpc) is 1.88. The molecule has 10 heavy (non-hydrogen) atoms. The van der Waals surface area contributed by atoms with Crippen molar-refractivity contribution < 1.29 is 9.22 Å². The van der Waals surface area contributed by atoms with Crippen molar-refractivity contribution in [2.24, 2.45) is 0 Å². The van der Waals surface area contributed by atoms with Gasteiger partial charge in [0, 0.05) is 13.7 Å². The Labute approximate surface area is 60.9 Å². The van der Waals surface area contributed by atoms with Gasteiger partial charge in [-0.3, -0.25) is 0 Å². The van der Waals surface area contributed by atoms with Crippen molar-refractivity contribution >= 4 is 0 Å². The van der Waals surface area contributed by atoms with Crippen LogP contribution in [0.3, 0.4) is 0 Å². The summed E-state index contributed by atoms with van der Waals surface area (Å²) in [4.78, 5) is 0. The second-order valence-corrected chi connectivity index (χ2v) is 2.78. The first kappa shape index (κ1) is 7.95. The van der Waals surface area contributed by atoms with Crippen LogP contribution in [0.15, 0.2) is 0 Å². The van der Waals surface area contributed by atoms with E-state index in [2.05, 4.69) is 0 Å². The van der Waals surface area contributed by atoms with Crippen LogP contribution in [0.1, 0.15) is 19.3 Å². The summed E-state index contributed by atoms with van der Waals surface area (Å²) in [6.07, 6.45) is 3.45. The van der Waals surface area contributed by atoms with Crippen LogP contribution in [0.25, 0.3) is 0 Å². The molecule has 0 aromatic rings. The minimum absolute atomic E-state index is 0.128. The Morgan fingerprint density at radius 2 is 2.40 bits per heavy atom. The molecule has 1 unspecified atom stereocenters. The lowest BCUT2D eigenvalue weighted by Crippen LogP contribution is -2.29. The molecule has 0 spiro atoms. The van der Waals surface area contributed by atoms with Crippen LogP contribution in [-0.4, -0.2) is 31.4 Å². The molecule has 1 aliphatic heterocycles. The van der Waals surface area contributed by atoms with Gasteiger partial charge in [0.15, 0.2) is 0 Å². The molecule has 0 N–H and O–H groups in total. The molecule has 2 nitrogen and oxygen atoms in total. The average molecular weight is 147 g/mol. The predicted molar refractivity (Wildman–Crippen MR) is 37.3 cm³/mol. The molecule has 60 valence electrons. The van der Waals surface area contributed by atoms with Gasteiger partial charge in [0.1, 0.15) is 0 Å². The molecule has 0 aliphatic carbocycles. The van der Waals surface area contributed by atoms with Gasteiger partial charge in [0.25, 0.3) is 0 Å². The van der Waals surface area contributed by atoms with Gasteiger partial charge in [-0.15, -0.1) is 9.60 Å². The molecule has 1 rings (SSSR count). The third-order valence-corrected chi connectivity index (χ3v) is 1.73. The summed E-state index contributed by atoms with van der Waals surface area (Å²) in [5, 5.41) is 0.690. The molecule has 1 aliphatic rings. The maximum atomic E-state index is 12.2. The van der Waals surface area contributed by atoms with Crippen LogP contribution in [0.2, 0.25) is 0 Å². The summed E-state index contributed by atoms with van der Waals surface area (Å²) in [6, 6.07) is 0. The molecule has 1 heterocycles. The normalized spacial score (nSPS) is 27.3. The highest BCUT2D eigenvalue weighted by molar-refractivity contribution is 4.64. The molecule has 0 aromatic carbocycles. The Morgan fingerprint density at radius 1 is 1.60 bits per heavy atom. The molecule has 0 radical (unpaired) electrons. The summed E-state index contributed by atoms with van der Waals surface area (Å²) in [6.45, 7) is 1.22. The van der Waals surface area contributed by atoms with E-state index in [4.69, 9.17) is 4.74 Å². The fourth-order valence-electron chi connectivity index (χ4n) is 1.23. The van der Waals surface area contributed by atoms with Crippen molar-refractivity contribution in [3.05, 3.63) is 0 Å².